The van der Waals surface area contributed by atoms with E-state index in [1.807, 2.05) is 12.1 Å². The lowest BCUT2D eigenvalue weighted by atomic mass is 10.0. The molecule has 0 fully saturated rings. The lowest BCUT2D eigenvalue weighted by Gasteiger charge is -2.12. The molecular weight excluding hydrogens is 268 g/mol. The minimum Gasteiger partial charge on any atom is -0.427 e. The zero-order chi connectivity index (χ0) is 15.7. The molecular formula is C16H24N2O3. The first-order chi connectivity index (χ1) is 10.0. The molecule has 0 radical (unpaired) electrons. The topological polar surface area (TPSA) is 67.4 Å². The molecule has 0 saturated carbocycles. The SMILES string of the molecule is CC(=O)Oc1cc(CNCCCNC=O)cc(C(C)C)c1. The van der Waals surface area contributed by atoms with E-state index in [2.05, 4.69) is 30.5 Å². The number of carbonyl (C=O) groups excluding carboxylic acids is 2. The largest absolute Gasteiger partial charge is 0.427 e. The third-order valence-electron chi connectivity index (χ3n) is 3.00. The van der Waals surface area contributed by atoms with Gasteiger partial charge in [-0.15, -0.1) is 0 Å². The van der Waals surface area contributed by atoms with E-state index < -0.39 is 0 Å². The molecule has 1 rings (SSSR count). The second-order valence-corrected chi connectivity index (χ2v) is 5.26. The number of hydrogen-bond acceptors (Lipinski definition) is 4. The molecule has 0 aliphatic carbocycles. The number of benzene rings is 1. The van der Waals surface area contributed by atoms with E-state index in [9.17, 15) is 9.59 Å². The number of rotatable bonds is 9. The summed E-state index contributed by atoms with van der Waals surface area (Å²) < 4.78 is 5.19. The first-order valence-electron chi connectivity index (χ1n) is 7.23. The van der Waals surface area contributed by atoms with Crippen LogP contribution in [0.2, 0.25) is 0 Å². The molecule has 5 nitrogen and oxygen atoms in total. The molecule has 116 valence electrons. The van der Waals surface area contributed by atoms with E-state index in [4.69, 9.17) is 4.74 Å². The second-order valence-electron chi connectivity index (χ2n) is 5.26. The zero-order valence-electron chi connectivity index (χ0n) is 12.9. The lowest BCUT2D eigenvalue weighted by molar-refractivity contribution is -0.131. The van der Waals surface area contributed by atoms with Crippen molar-refractivity contribution in [2.75, 3.05) is 13.1 Å². The third kappa shape index (κ3) is 6.90. The first-order valence-corrected chi connectivity index (χ1v) is 7.23. The predicted molar refractivity (Wildman–Crippen MR) is 82.2 cm³/mol. The van der Waals surface area contributed by atoms with Crippen LogP contribution < -0.4 is 15.4 Å². The predicted octanol–water partition coefficient (Wildman–Crippen LogP) is 1.96. The van der Waals surface area contributed by atoms with Crippen molar-refractivity contribution in [1.82, 2.24) is 10.6 Å². The summed E-state index contributed by atoms with van der Waals surface area (Å²) in [5, 5.41) is 5.93. The molecule has 0 aliphatic rings. The Balaban J connectivity index is 2.60. The number of hydrogen-bond donors (Lipinski definition) is 2. The van der Waals surface area contributed by atoms with Crippen molar-refractivity contribution in [2.24, 2.45) is 0 Å². The molecule has 1 aromatic rings. The van der Waals surface area contributed by atoms with Crippen LogP contribution >= 0.6 is 0 Å². The van der Waals surface area contributed by atoms with Crippen LogP contribution in [-0.2, 0) is 16.1 Å². The van der Waals surface area contributed by atoms with Gasteiger partial charge in [-0.25, -0.2) is 0 Å². The summed E-state index contributed by atoms with van der Waals surface area (Å²) in [7, 11) is 0. The highest BCUT2D eigenvalue weighted by atomic mass is 16.5. The van der Waals surface area contributed by atoms with Crippen molar-refractivity contribution in [2.45, 2.75) is 39.7 Å². The van der Waals surface area contributed by atoms with Crippen molar-refractivity contribution >= 4 is 12.4 Å². The van der Waals surface area contributed by atoms with E-state index in [1.165, 1.54) is 6.92 Å². The van der Waals surface area contributed by atoms with Crippen LogP contribution in [0.1, 0.15) is 44.2 Å². The van der Waals surface area contributed by atoms with Gasteiger partial charge in [-0.2, -0.15) is 0 Å². The normalized spacial score (nSPS) is 10.5. The summed E-state index contributed by atoms with van der Waals surface area (Å²) in [5.41, 5.74) is 2.23. The maximum absolute atomic E-state index is 11.1. The van der Waals surface area contributed by atoms with Gasteiger partial charge >= 0.3 is 5.97 Å². The molecule has 0 aromatic heterocycles. The Morgan fingerprint density at radius 3 is 2.67 bits per heavy atom. The van der Waals surface area contributed by atoms with Crippen molar-refractivity contribution in [3.05, 3.63) is 29.3 Å². The number of amides is 1. The summed E-state index contributed by atoms with van der Waals surface area (Å²) in [6.45, 7) is 7.80. The number of ether oxygens (including phenoxy) is 1. The van der Waals surface area contributed by atoms with Gasteiger partial charge in [0.25, 0.3) is 0 Å². The van der Waals surface area contributed by atoms with Crippen LogP contribution in [0.15, 0.2) is 18.2 Å². The van der Waals surface area contributed by atoms with Crippen molar-refractivity contribution in [3.63, 3.8) is 0 Å². The standard InChI is InChI=1S/C16H24N2O3/c1-12(2)15-7-14(8-16(9-15)21-13(3)20)10-17-5-4-6-18-11-19/h7-9,11-12,17H,4-6,10H2,1-3H3,(H,18,19). The molecule has 0 heterocycles. The highest BCUT2D eigenvalue weighted by Crippen LogP contribution is 2.23. The Morgan fingerprint density at radius 1 is 1.29 bits per heavy atom. The first kappa shape index (κ1) is 17.2. The lowest BCUT2D eigenvalue weighted by Crippen LogP contribution is -2.20. The molecule has 0 unspecified atom stereocenters. The van der Waals surface area contributed by atoms with Gasteiger partial charge in [0.15, 0.2) is 0 Å². The van der Waals surface area contributed by atoms with Crippen molar-refractivity contribution in [1.29, 1.82) is 0 Å². The van der Waals surface area contributed by atoms with E-state index in [0.717, 1.165) is 24.1 Å². The van der Waals surface area contributed by atoms with E-state index in [0.29, 0.717) is 31.2 Å². The summed E-state index contributed by atoms with van der Waals surface area (Å²) >= 11 is 0. The monoisotopic (exact) mass is 292 g/mol. The second kappa shape index (κ2) is 9.13. The Morgan fingerprint density at radius 2 is 2.05 bits per heavy atom. The molecule has 5 heteroatoms. The maximum atomic E-state index is 11.1. The minimum atomic E-state index is -0.310. The molecule has 0 atom stereocenters. The molecule has 1 amide bonds. The number of esters is 1. The van der Waals surface area contributed by atoms with Crippen LogP contribution in [-0.4, -0.2) is 25.5 Å². The molecule has 2 N–H and O–H groups in total. The van der Waals surface area contributed by atoms with Crippen LogP contribution in [0.5, 0.6) is 5.75 Å². The van der Waals surface area contributed by atoms with Gasteiger partial charge in [-0.05, 0) is 42.1 Å². The Bertz CT molecular complexity index is 473. The van der Waals surface area contributed by atoms with Gasteiger partial charge in [0.1, 0.15) is 5.75 Å². The maximum Gasteiger partial charge on any atom is 0.308 e. The molecule has 21 heavy (non-hydrogen) atoms. The molecule has 0 aliphatic heterocycles. The summed E-state index contributed by atoms with van der Waals surface area (Å²) in [6, 6.07) is 5.90. The van der Waals surface area contributed by atoms with Crippen LogP contribution in [0.3, 0.4) is 0 Å². The summed E-state index contributed by atoms with van der Waals surface area (Å²) in [4.78, 5) is 21.2. The molecule has 0 saturated heterocycles. The fourth-order valence-corrected chi connectivity index (χ4v) is 1.95. The Kier molecular flexibility index (Phi) is 7.46. The van der Waals surface area contributed by atoms with Crippen LogP contribution in [0.25, 0.3) is 0 Å². The molecule has 0 bridgehead atoms. The fourth-order valence-electron chi connectivity index (χ4n) is 1.95. The third-order valence-corrected chi connectivity index (χ3v) is 3.00. The van der Waals surface area contributed by atoms with Crippen molar-refractivity contribution < 1.29 is 14.3 Å². The van der Waals surface area contributed by atoms with Gasteiger partial charge in [-0.3, -0.25) is 9.59 Å². The highest BCUT2D eigenvalue weighted by molar-refractivity contribution is 5.69. The zero-order valence-corrected chi connectivity index (χ0v) is 12.9. The van der Waals surface area contributed by atoms with Gasteiger partial charge in [0, 0.05) is 20.0 Å². The van der Waals surface area contributed by atoms with Crippen LogP contribution in [0, 0.1) is 0 Å². The highest BCUT2D eigenvalue weighted by Gasteiger charge is 2.07. The van der Waals surface area contributed by atoms with E-state index >= 15 is 0 Å². The number of nitrogens with one attached hydrogen (secondary N) is 2. The van der Waals surface area contributed by atoms with Crippen molar-refractivity contribution in [3.8, 4) is 5.75 Å². The average Bonchev–Trinajstić information content (AvgIpc) is 2.41. The van der Waals surface area contributed by atoms with Gasteiger partial charge in [-0.1, -0.05) is 19.9 Å². The summed E-state index contributed by atoms with van der Waals surface area (Å²) in [5.74, 6) is 0.652. The van der Waals surface area contributed by atoms with Gasteiger partial charge in [0.05, 0.1) is 0 Å². The van der Waals surface area contributed by atoms with Crippen LogP contribution in [0.4, 0.5) is 0 Å². The molecule has 0 spiro atoms. The number of carbonyl (C=O) groups is 2. The van der Waals surface area contributed by atoms with E-state index in [-0.39, 0.29) is 5.97 Å². The quantitative estimate of drug-likeness (QED) is 0.316. The minimum absolute atomic E-state index is 0.310. The Labute approximate surface area is 126 Å². The smallest absolute Gasteiger partial charge is 0.308 e. The summed E-state index contributed by atoms with van der Waals surface area (Å²) in [6.07, 6.45) is 1.58. The average molecular weight is 292 g/mol. The Hall–Kier alpha value is -1.88. The van der Waals surface area contributed by atoms with Gasteiger partial charge in [0.2, 0.25) is 6.41 Å². The molecule has 1 aromatic carbocycles. The fraction of sp³-hybridized carbons (Fsp3) is 0.500. The van der Waals surface area contributed by atoms with Gasteiger partial charge < -0.3 is 15.4 Å². The van der Waals surface area contributed by atoms with E-state index in [1.54, 1.807) is 0 Å².